The van der Waals surface area contributed by atoms with Crippen LogP contribution in [0.15, 0.2) is 43.1 Å². The monoisotopic (exact) mass is 470 g/mol. The highest BCUT2D eigenvalue weighted by Crippen LogP contribution is 2.30. The average Bonchev–Trinajstić information content (AvgIpc) is 3.58. The van der Waals surface area contributed by atoms with Gasteiger partial charge in [-0.1, -0.05) is 13.8 Å². The number of nitriles is 1. The molecule has 1 aliphatic heterocycles. The Kier molecular flexibility index (Phi) is 5.78. The quantitative estimate of drug-likeness (QED) is 0.419. The largest absolute Gasteiger partial charge is 0.376 e. The number of fused-ring (bicyclic) bond motifs is 1. The van der Waals surface area contributed by atoms with Crippen molar-refractivity contribution in [2.45, 2.75) is 32.9 Å². The summed E-state index contributed by atoms with van der Waals surface area (Å²) >= 11 is 0. The normalized spacial score (nSPS) is 17.6. The maximum absolute atomic E-state index is 12.3. The highest BCUT2D eigenvalue weighted by atomic mass is 16.1. The molecular formula is C24H26N10O. The van der Waals surface area contributed by atoms with E-state index in [2.05, 4.69) is 45.3 Å². The smallest absolute Gasteiger partial charge is 0.252 e. The second-order valence-corrected chi connectivity index (χ2v) is 8.83. The van der Waals surface area contributed by atoms with Gasteiger partial charge in [0, 0.05) is 43.6 Å². The van der Waals surface area contributed by atoms with Gasteiger partial charge in [0.05, 0.1) is 41.1 Å². The second-order valence-electron chi connectivity index (χ2n) is 8.83. The molecule has 1 aliphatic rings. The minimum atomic E-state index is -0.570. The fourth-order valence-electron chi connectivity index (χ4n) is 4.42. The Bertz CT molecular complexity index is 1410. The molecule has 0 aromatic carbocycles. The summed E-state index contributed by atoms with van der Waals surface area (Å²) in [6.45, 7) is 6.52. The lowest BCUT2D eigenvalue weighted by atomic mass is 10.1. The molecule has 1 fully saturated rings. The molecule has 5 rings (SSSR count). The Morgan fingerprint density at radius 3 is 2.80 bits per heavy atom. The molecule has 3 N–H and O–H groups in total. The Hall–Kier alpha value is -4.46. The fraction of sp³-hybridized carbons (Fsp3) is 0.333. The third-order valence-corrected chi connectivity index (χ3v) is 6.28. The number of amides is 1. The zero-order chi connectivity index (χ0) is 24.5. The summed E-state index contributed by atoms with van der Waals surface area (Å²) in [6.07, 6.45) is 9.59. The van der Waals surface area contributed by atoms with Crippen molar-refractivity contribution in [3.63, 3.8) is 0 Å². The topological polar surface area (TPSA) is 143 Å². The van der Waals surface area contributed by atoms with E-state index in [-0.39, 0.29) is 12.0 Å². The van der Waals surface area contributed by atoms with Gasteiger partial charge in [0.2, 0.25) is 0 Å². The summed E-state index contributed by atoms with van der Waals surface area (Å²) in [5.41, 5.74) is 9.20. The number of primary amides is 1. The summed E-state index contributed by atoms with van der Waals surface area (Å²) in [6, 6.07) is 5.73. The molecule has 0 saturated carbocycles. The van der Waals surface area contributed by atoms with Crippen LogP contribution in [0.3, 0.4) is 0 Å². The van der Waals surface area contributed by atoms with Gasteiger partial charge in [0.25, 0.3) is 5.91 Å². The molecule has 1 amide bonds. The van der Waals surface area contributed by atoms with E-state index in [4.69, 9.17) is 16.0 Å². The maximum Gasteiger partial charge on any atom is 0.252 e. The Labute approximate surface area is 202 Å². The Balaban J connectivity index is 1.46. The summed E-state index contributed by atoms with van der Waals surface area (Å²) in [5.74, 6) is 0.490. The number of pyridine rings is 1. The lowest BCUT2D eigenvalue weighted by molar-refractivity contribution is 0.100. The first-order chi connectivity index (χ1) is 17.0. The first kappa shape index (κ1) is 22.3. The molecule has 178 valence electrons. The van der Waals surface area contributed by atoms with Crippen LogP contribution in [0.5, 0.6) is 0 Å². The minimum absolute atomic E-state index is 0.0178. The van der Waals surface area contributed by atoms with Crippen LogP contribution in [-0.2, 0) is 6.54 Å². The number of nitrogens with zero attached hydrogens (tertiary/aromatic N) is 8. The molecule has 0 bridgehead atoms. The van der Waals surface area contributed by atoms with Gasteiger partial charge >= 0.3 is 0 Å². The number of carbonyl (C=O) groups excluding carboxylic acids is 1. The first-order valence-electron chi connectivity index (χ1n) is 11.6. The number of hydrogen-bond donors (Lipinski definition) is 2. The number of hydrogen-bond acceptors (Lipinski definition) is 8. The van der Waals surface area contributed by atoms with E-state index in [9.17, 15) is 4.79 Å². The number of nitrogens with two attached hydrogens (primary N) is 1. The van der Waals surface area contributed by atoms with Crippen LogP contribution in [0, 0.1) is 17.2 Å². The number of rotatable bonds is 7. The third-order valence-electron chi connectivity index (χ3n) is 6.28. The molecule has 0 radical (unpaired) electrons. The van der Waals surface area contributed by atoms with Gasteiger partial charge in [-0.25, -0.2) is 14.5 Å². The van der Waals surface area contributed by atoms with Crippen LogP contribution >= 0.6 is 0 Å². The molecule has 0 aliphatic carbocycles. The van der Waals surface area contributed by atoms with Gasteiger partial charge in [0.1, 0.15) is 11.9 Å². The third kappa shape index (κ3) is 4.26. The van der Waals surface area contributed by atoms with Gasteiger partial charge in [-0.15, -0.1) is 0 Å². The number of carbonyl (C=O) groups is 1. The van der Waals surface area contributed by atoms with Crippen LogP contribution < -0.4 is 16.0 Å². The van der Waals surface area contributed by atoms with Crippen molar-refractivity contribution >= 4 is 23.1 Å². The molecule has 11 nitrogen and oxygen atoms in total. The standard InChI is InChI=1S/C24H26N10O/c1-3-6-33-12-17(9-28-33)20-14-34-24(31-20)22(18(10-29-34)23(26)35)30-19-13-32(11-15(19)2)21-5-4-16(7-25)8-27-21/h4-5,8-10,12,14-15,19,30H,3,6,11,13H2,1-2H3,(H2,26,35)/t15-,19-/m1/s1. The van der Waals surface area contributed by atoms with Crippen molar-refractivity contribution in [3.05, 3.63) is 54.2 Å². The van der Waals surface area contributed by atoms with Crippen LogP contribution in [0.1, 0.15) is 36.2 Å². The molecule has 2 atom stereocenters. The second kappa shape index (κ2) is 9.06. The van der Waals surface area contributed by atoms with Gasteiger partial charge in [0.15, 0.2) is 5.65 Å². The molecule has 5 heterocycles. The molecule has 0 spiro atoms. The van der Waals surface area contributed by atoms with Gasteiger partial charge in [-0.2, -0.15) is 15.5 Å². The Morgan fingerprint density at radius 2 is 2.09 bits per heavy atom. The molecule has 35 heavy (non-hydrogen) atoms. The molecule has 0 unspecified atom stereocenters. The van der Waals surface area contributed by atoms with Crippen molar-refractivity contribution in [1.29, 1.82) is 5.26 Å². The predicted molar refractivity (Wildman–Crippen MR) is 131 cm³/mol. The predicted octanol–water partition coefficient (Wildman–Crippen LogP) is 2.31. The zero-order valence-electron chi connectivity index (χ0n) is 19.6. The van der Waals surface area contributed by atoms with Gasteiger partial charge in [-0.05, 0) is 24.5 Å². The number of aryl methyl sites for hydroxylation is 1. The molecular weight excluding hydrogens is 444 g/mol. The van der Waals surface area contributed by atoms with E-state index in [0.717, 1.165) is 30.9 Å². The number of aromatic nitrogens is 6. The van der Waals surface area contributed by atoms with Crippen molar-refractivity contribution in [2.24, 2.45) is 11.7 Å². The highest BCUT2D eigenvalue weighted by molar-refractivity contribution is 6.01. The first-order valence-corrected chi connectivity index (χ1v) is 11.6. The lowest BCUT2D eigenvalue weighted by Crippen LogP contribution is -2.30. The lowest BCUT2D eigenvalue weighted by Gasteiger charge is -2.20. The van der Waals surface area contributed by atoms with E-state index < -0.39 is 5.91 Å². The summed E-state index contributed by atoms with van der Waals surface area (Å²) in [7, 11) is 0. The van der Waals surface area contributed by atoms with E-state index in [1.165, 1.54) is 6.20 Å². The molecule has 4 aromatic rings. The van der Waals surface area contributed by atoms with Crippen molar-refractivity contribution in [2.75, 3.05) is 23.3 Å². The fourth-order valence-corrected chi connectivity index (χ4v) is 4.42. The van der Waals surface area contributed by atoms with Crippen molar-refractivity contribution < 1.29 is 4.79 Å². The van der Waals surface area contributed by atoms with Crippen LogP contribution in [0.4, 0.5) is 11.5 Å². The van der Waals surface area contributed by atoms with E-state index in [1.54, 1.807) is 23.0 Å². The maximum atomic E-state index is 12.3. The molecule has 4 aromatic heterocycles. The summed E-state index contributed by atoms with van der Waals surface area (Å²) in [5, 5.41) is 21.3. The number of nitrogens with one attached hydrogen (secondary N) is 1. The van der Waals surface area contributed by atoms with Crippen LogP contribution in [-0.4, -0.2) is 54.4 Å². The Morgan fingerprint density at radius 1 is 1.23 bits per heavy atom. The van der Waals surface area contributed by atoms with Crippen molar-refractivity contribution in [3.8, 4) is 17.3 Å². The van der Waals surface area contributed by atoms with Gasteiger partial charge < -0.3 is 16.0 Å². The van der Waals surface area contributed by atoms with Crippen LogP contribution in [0.2, 0.25) is 0 Å². The van der Waals surface area contributed by atoms with Gasteiger partial charge in [-0.3, -0.25) is 9.48 Å². The summed E-state index contributed by atoms with van der Waals surface area (Å²) in [4.78, 5) is 23.6. The molecule has 1 saturated heterocycles. The van der Waals surface area contributed by atoms with E-state index in [0.29, 0.717) is 34.7 Å². The highest BCUT2D eigenvalue weighted by Gasteiger charge is 2.32. The average molecular weight is 471 g/mol. The molecule has 11 heteroatoms. The number of imidazole rings is 1. The zero-order valence-corrected chi connectivity index (χ0v) is 19.6. The minimum Gasteiger partial charge on any atom is -0.376 e. The summed E-state index contributed by atoms with van der Waals surface area (Å²) < 4.78 is 3.54. The van der Waals surface area contributed by atoms with E-state index in [1.807, 2.05) is 23.1 Å². The van der Waals surface area contributed by atoms with Crippen LogP contribution in [0.25, 0.3) is 16.9 Å². The van der Waals surface area contributed by atoms with E-state index >= 15 is 0 Å². The number of anilines is 2. The SMILES string of the molecule is CCCn1cc(-c2cn3ncc(C(N)=O)c(N[C@@H]4CN(c5ccc(C#N)cn5)C[C@H]4C)c3n2)cn1. The van der Waals surface area contributed by atoms with Crippen molar-refractivity contribution in [1.82, 2.24) is 29.4 Å².